The molecule has 0 saturated heterocycles. The van der Waals surface area contributed by atoms with E-state index in [0.717, 1.165) is 11.0 Å². The molecule has 0 aliphatic rings. The van der Waals surface area contributed by atoms with Crippen molar-refractivity contribution >= 4 is 34.3 Å². The number of anilines is 2. The van der Waals surface area contributed by atoms with Gasteiger partial charge in [-0.15, -0.1) is 0 Å². The van der Waals surface area contributed by atoms with Gasteiger partial charge in [0, 0.05) is 11.9 Å². The molecular formula is C19H15N5O3. The summed E-state index contributed by atoms with van der Waals surface area (Å²) in [5, 5.41) is 14.7. The second-order valence-corrected chi connectivity index (χ2v) is 5.44. The predicted molar refractivity (Wildman–Crippen MR) is 99.8 cm³/mol. The van der Waals surface area contributed by atoms with Crippen LogP contribution < -0.4 is 10.6 Å². The van der Waals surface area contributed by atoms with Gasteiger partial charge in [0.25, 0.3) is 5.91 Å². The van der Waals surface area contributed by atoms with Crippen LogP contribution in [-0.4, -0.2) is 29.0 Å². The molecule has 0 fully saturated rings. The van der Waals surface area contributed by atoms with Gasteiger partial charge in [-0.2, -0.15) is 5.26 Å². The number of nitrogens with zero attached hydrogens (tertiary/aromatic N) is 2. The van der Waals surface area contributed by atoms with Gasteiger partial charge in [0.05, 0.1) is 35.7 Å². The fourth-order valence-electron chi connectivity index (χ4n) is 2.40. The standard InChI is InChI=1S/C19H15N5O3/c1-27-19(26)14-4-2-3-5-15(14)24-18(25)12(9-20)10-21-13-6-7-16-17(8-13)23-11-22-16/h2-8,10-11,21H,1H3,(H,22,23)(H,24,25)/b12-10-. The summed E-state index contributed by atoms with van der Waals surface area (Å²) in [6.45, 7) is 0. The van der Waals surface area contributed by atoms with Crippen molar-refractivity contribution in [1.29, 1.82) is 5.26 Å². The zero-order chi connectivity index (χ0) is 19.2. The zero-order valence-electron chi connectivity index (χ0n) is 14.3. The molecule has 0 bridgehead atoms. The molecule has 0 spiro atoms. The van der Waals surface area contributed by atoms with Gasteiger partial charge in [0.15, 0.2) is 0 Å². The SMILES string of the molecule is COC(=O)c1ccccc1NC(=O)/C(C#N)=C\Nc1ccc2nc[nH]c2c1. The number of esters is 1. The maximum absolute atomic E-state index is 12.4. The number of carbonyl (C=O) groups is 2. The molecule has 2 aromatic carbocycles. The first-order valence-corrected chi connectivity index (χ1v) is 7.91. The Balaban J connectivity index is 1.77. The first-order chi connectivity index (χ1) is 13.1. The van der Waals surface area contributed by atoms with Gasteiger partial charge in [-0.05, 0) is 30.3 Å². The summed E-state index contributed by atoms with van der Waals surface area (Å²) in [4.78, 5) is 31.3. The Hall–Kier alpha value is -4.12. The monoisotopic (exact) mass is 361 g/mol. The first-order valence-electron chi connectivity index (χ1n) is 7.91. The highest BCUT2D eigenvalue weighted by molar-refractivity contribution is 6.09. The topological polar surface area (TPSA) is 120 Å². The van der Waals surface area contributed by atoms with Crippen LogP contribution in [0.1, 0.15) is 10.4 Å². The zero-order valence-corrected chi connectivity index (χ0v) is 14.3. The highest BCUT2D eigenvalue weighted by Gasteiger charge is 2.15. The lowest BCUT2D eigenvalue weighted by Crippen LogP contribution is -2.17. The van der Waals surface area contributed by atoms with Gasteiger partial charge >= 0.3 is 5.97 Å². The van der Waals surface area contributed by atoms with E-state index in [1.165, 1.54) is 19.4 Å². The Morgan fingerprint density at radius 3 is 2.85 bits per heavy atom. The summed E-state index contributed by atoms with van der Waals surface area (Å²) in [7, 11) is 1.25. The number of nitrogens with one attached hydrogen (secondary N) is 3. The lowest BCUT2D eigenvalue weighted by atomic mass is 10.1. The predicted octanol–water partition coefficient (Wildman–Crippen LogP) is 2.81. The van der Waals surface area contributed by atoms with Gasteiger partial charge in [-0.3, -0.25) is 4.79 Å². The number of fused-ring (bicyclic) bond motifs is 1. The van der Waals surface area contributed by atoms with E-state index in [2.05, 4.69) is 25.3 Å². The molecule has 0 unspecified atom stereocenters. The van der Waals surface area contributed by atoms with Crippen LogP contribution in [0, 0.1) is 11.3 Å². The number of carbonyl (C=O) groups excluding carboxylic acids is 2. The summed E-state index contributed by atoms with van der Waals surface area (Å²) >= 11 is 0. The highest BCUT2D eigenvalue weighted by Crippen LogP contribution is 2.18. The van der Waals surface area contributed by atoms with Crippen molar-refractivity contribution in [2.45, 2.75) is 0 Å². The molecule has 0 aliphatic carbocycles. The number of benzene rings is 2. The average Bonchev–Trinajstić information content (AvgIpc) is 3.16. The van der Waals surface area contributed by atoms with Crippen LogP contribution in [0.3, 0.4) is 0 Å². The maximum atomic E-state index is 12.4. The molecule has 3 rings (SSSR count). The number of H-pyrrole nitrogens is 1. The summed E-state index contributed by atoms with van der Waals surface area (Å²) in [5.41, 5.74) is 2.62. The quantitative estimate of drug-likeness (QED) is 0.365. The van der Waals surface area contributed by atoms with Crippen molar-refractivity contribution < 1.29 is 14.3 Å². The number of aromatic nitrogens is 2. The highest BCUT2D eigenvalue weighted by atomic mass is 16.5. The third-order valence-corrected chi connectivity index (χ3v) is 3.75. The molecule has 0 aliphatic heterocycles. The number of imidazole rings is 1. The number of para-hydroxylation sites is 1. The third kappa shape index (κ3) is 3.93. The van der Waals surface area contributed by atoms with E-state index in [9.17, 15) is 14.9 Å². The van der Waals surface area contributed by atoms with Crippen LogP contribution >= 0.6 is 0 Å². The maximum Gasteiger partial charge on any atom is 0.339 e. The Morgan fingerprint density at radius 1 is 1.26 bits per heavy atom. The molecule has 3 N–H and O–H groups in total. The summed E-state index contributed by atoms with van der Waals surface area (Å²) in [6.07, 6.45) is 2.88. The van der Waals surface area contributed by atoms with Crippen molar-refractivity contribution in [3.05, 3.63) is 66.1 Å². The molecule has 1 amide bonds. The van der Waals surface area contributed by atoms with E-state index >= 15 is 0 Å². The minimum atomic E-state index is -0.649. The molecule has 0 radical (unpaired) electrons. The molecule has 1 aromatic heterocycles. The Morgan fingerprint density at radius 2 is 2.07 bits per heavy atom. The summed E-state index contributed by atoms with van der Waals surface area (Å²) in [6, 6.07) is 13.6. The van der Waals surface area contributed by atoms with Crippen molar-refractivity contribution in [1.82, 2.24) is 9.97 Å². The molecule has 0 atom stereocenters. The molecular weight excluding hydrogens is 346 g/mol. The van der Waals surface area contributed by atoms with Gasteiger partial charge in [0.1, 0.15) is 11.6 Å². The first kappa shape index (κ1) is 17.7. The van der Waals surface area contributed by atoms with Crippen LogP contribution in [0.15, 0.2) is 60.6 Å². The van der Waals surface area contributed by atoms with E-state index in [-0.39, 0.29) is 16.8 Å². The smallest absolute Gasteiger partial charge is 0.339 e. The molecule has 1 heterocycles. The van der Waals surface area contributed by atoms with Gasteiger partial charge in [-0.1, -0.05) is 12.1 Å². The van der Waals surface area contributed by atoms with Crippen LogP contribution in [0.5, 0.6) is 0 Å². The molecule has 8 heteroatoms. The summed E-state index contributed by atoms with van der Waals surface area (Å²) in [5.74, 6) is -1.23. The van der Waals surface area contributed by atoms with E-state index in [0.29, 0.717) is 5.69 Å². The van der Waals surface area contributed by atoms with Crippen molar-refractivity contribution in [3.63, 3.8) is 0 Å². The van der Waals surface area contributed by atoms with Crippen LogP contribution in [0.4, 0.5) is 11.4 Å². The third-order valence-electron chi connectivity index (χ3n) is 3.75. The van der Waals surface area contributed by atoms with Crippen molar-refractivity contribution in [3.8, 4) is 6.07 Å². The van der Waals surface area contributed by atoms with Crippen molar-refractivity contribution in [2.24, 2.45) is 0 Å². The molecule has 3 aromatic rings. The second kappa shape index (κ2) is 7.84. The minimum absolute atomic E-state index is 0.153. The number of aromatic amines is 1. The number of nitriles is 1. The number of ether oxygens (including phenoxy) is 1. The van der Waals surface area contributed by atoms with E-state index < -0.39 is 11.9 Å². The second-order valence-electron chi connectivity index (χ2n) is 5.44. The fourth-order valence-corrected chi connectivity index (χ4v) is 2.40. The molecule has 27 heavy (non-hydrogen) atoms. The van der Waals surface area contributed by atoms with Gasteiger partial charge < -0.3 is 20.4 Å². The van der Waals surface area contributed by atoms with E-state index in [1.54, 1.807) is 42.7 Å². The van der Waals surface area contributed by atoms with E-state index in [1.807, 2.05) is 6.07 Å². The summed E-state index contributed by atoms with van der Waals surface area (Å²) < 4.78 is 4.69. The van der Waals surface area contributed by atoms with Crippen molar-refractivity contribution in [2.75, 3.05) is 17.7 Å². The van der Waals surface area contributed by atoms with Gasteiger partial charge in [0.2, 0.25) is 0 Å². The lowest BCUT2D eigenvalue weighted by Gasteiger charge is -2.09. The number of hydrogen-bond donors (Lipinski definition) is 3. The number of amides is 1. The Kier molecular flexibility index (Phi) is 5.14. The van der Waals surface area contributed by atoms with E-state index in [4.69, 9.17) is 0 Å². The average molecular weight is 361 g/mol. The number of rotatable bonds is 5. The minimum Gasteiger partial charge on any atom is -0.465 e. The van der Waals surface area contributed by atoms with Gasteiger partial charge in [-0.25, -0.2) is 9.78 Å². The molecule has 0 saturated carbocycles. The molecule has 134 valence electrons. The molecule has 8 nitrogen and oxygen atoms in total. The normalized spacial score (nSPS) is 10.9. The Labute approximate surface area is 154 Å². The van der Waals surface area contributed by atoms with Crippen LogP contribution in [0.2, 0.25) is 0 Å². The van der Waals surface area contributed by atoms with Crippen LogP contribution in [0.25, 0.3) is 11.0 Å². The number of hydrogen-bond acceptors (Lipinski definition) is 6. The van der Waals surface area contributed by atoms with Crippen LogP contribution in [-0.2, 0) is 9.53 Å². The fraction of sp³-hybridized carbons (Fsp3) is 0.0526. The lowest BCUT2D eigenvalue weighted by molar-refractivity contribution is -0.112. The Bertz CT molecular complexity index is 1080. The number of methoxy groups -OCH3 is 1. The largest absolute Gasteiger partial charge is 0.465 e.